The van der Waals surface area contributed by atoms with Crippen LogP contribution in [0.1, 0.15) is 51.3 Å². The second-order valence-corrected chi connectivity index (χ2v) is 9.73. The van der Waals surface area contributed by atoms with Crippen molar-refractivity contribution < 1.29 is 19.1 Å². The molecule has 0 aliphatic heterocycles. The Hall–Kier alpha value is -2.36. The standard InChI is InChI=1S/C25H32O4/c1-7-9-16-10-8-11-17-14-18(15-19(16)17)28-23(27)22-20(25(22,5)6)12-13-21(26)29-24(2,3)4/h7-8,10-13,18,20,22H,1,9,14-15H2,2-6H3/t18?,20-,22-/m1/s1. The highest BCUT2D eigenvalue weighted by atomic mass is 16.6. The summed E-state index contributed by atoms with van der Waals surface area (Å²) < 4.78 is 11.2. The molecule has 1 aromatic carbocycles. The number of ether oxygens (including phenoxy) is 2. The highest BCUT2D eigenvalue weighted by Gasteiger charge is 2.61. The molecule has 0 saturated heterocycles. The predicted molar refractivity (Wildman–Crippen MR) is 113 cm³/mol. The van der Waals surface area contributed by atoms with Gasteiger partial charge >= 0.3 is 11.9 Å². The molecule has 29 heavy (non-hydrogen) atoms. The van der Waals surface area contributed by atoms with Crippen molar-refractivity contribution in [1.29, 1.82) is 0 Å². The van der Waals surface area contributed by atoms with Gasteiger partial charge in [-0.3, -0.25) is 4.79 Å². The molecule has 3 atom stereocenters. The minimum absolute atomic E-state index is 0.0115. The van der Waals surface area contributed by atoms with E-state index in [2.05, 4.69) is 24.8 Å². The summed E-state index contributed by atoms with van der Waals surface area (Å²) in [4.78, 5) is 24.8. The predicted octanol–water partition coefficient (Wildman–Crippen LogP) is 4.60. The van der Waals surface area contributed by atoms with Gasteiger partial charge in [0, 0.05) is 18.9 Å². The molecule has 3 rings (SSSR count). The Morgan fingerprint density at radius 1 is 1.24 bits per heavy atom. The summed E-state index contributed by atoms with van der Waals surface area (Å²) >= 11 is 0. The van der Waals surface area contributed by atoms with Crippen LogP contribution in [-0.4, -0.2) is 23.6 Å². The maximum atomic E-state index is 12.8. The Labute approximate surface area is 174 Å². The summed E-state index contributed by atoms with van der Waals surface area (Å²) in [6.07, 6.45) is 7.38. The topological polar surface area (TPSA) is 52.6 Å². The third-order valence-corrected chi connectivity index (χ3v) is 5.91. The van der Waals surface area contributed by atoms with Crippen molar-refractivity contribution >= 4 is 11.9 Å². The van der Waals surface area contributed by atoms with Gasteiger partial charge in [0.1, 0.15) is 11.7 Å². The molecule has 1 fully saturated rings. The summed E-state index contributed by atoms with van der Waals surface area (Å²) in [6.45, 7) is 13.4. The van der Waals surface area contributed by atoms with Crippen molar-refractivity contribution in [2.75, 3.05) is 0 Å². The van der Waals surface area contributed by atoms with E-state index in [0.29, 0.717) is 0 Å². The van der Waals surface area contributed by atoms with Gasteiger partial charge in [-0.05, 0) is 55.2 Å². The minimum Gasteiger partial charge on any atom is -0.461 e. The second kappa shape index (κ2) is 7.81. The lowest BCUT2D eigenvalue weighted by atomic mass is 10.0. The van der Waals surface area contributed by atoms with Crippen molar-refractivity contribution in [1.82, 2.24) is 0 Å². The van der Waals surface area contributed by atoms with Crippen molar-refractivity contribution in [2.45, 2.75) is 65.6 Å². The molecule has 0 N–H and O–H groups in total. The Morgan fingerprint density at radius 3 is 2.62 bits per heavy atom. The zero-order chi connectivity index (χ0) is 21.4. The van der Waals surface area contributed by atoms with E-state index in [4.69, 9.17) is 9.47 Å². The Kier molecular flexibility index (Phi) is 5.75. The van der Waals surface area contributed by atoms with Crippen LogP contribution in [-0.2, 0) is 38.3 Å². The van der Waals surface area contributed by atoms with E-state index in [1.165, 1.54) is 22.8 Å². The van der Waals surface area contributed by atoms with Gasteiger partial charge < -0.3 is 9.47 Å². The lowest BCUT2D eigenvalue weighted by Crippen LogP contribution is -2.22. The van der Waals surface area contributed by atoms with Crippen LogP contribution < -0.4 is 0 Å². The quantitative estimate of drug-likeness (QED) is 0.401. The first-order chi connectivity index (χ1) is 13.5. The average Bonchev–Trinajstić information content (AvgIpc) is 2.93. The molecule has 0 radical (unpaired) electrons. The molecule has 1 aromatic rings. The van der Waals surface area contributed by atoms with Gasteiger partial charge in [-0.2, -0.15) is 0 Å². The molecule has 1 unspecified atom stereocenters. The van der Waals surface area contributed by atoms with E-state index in [-0.39, 0.29) is 35.3 Å². The minimum atomic E-state index is -0.527. The first kappa shape index (κ1) is 21.4. The molecule has 156 valence electrons. The maximum Gasteiger partial charge on any atom is 0.330 e. The van der Waals surface area contributed by atoms with Gasteiger partial charge in [0.25, 0.3) is 0 Å². The van der Waals surface area contributed by atoms with Crippen molar-refractivity contribution in [3.05, 3.63) is 59.7 Å². The monoisotopic (exact) mass is 396 g/mol. The maximum absolute atomic E-state index is 12.8. The van der Waals surface area contributed by atoms with Crippen LogP contribution in [0.15, 0.2) is 43.0 Å². The smallest absolute Gasteiger partial charge is 0.330 e. The lowest BCUT2D eigenvalue weighted by Gasteiger charge is -2.17. The zero-order valence-electron chi connectivity index (χ0n) is 18.2. The third kappa shape index (κ3) is 4.80. The molecule has 4 heteroatoms. The number of esters is 2. The number of carbonyl (C=O) groups excluding carboxylic acids is 2. The molecule has 0 spiro atoms. The summed E-state index contributed by atoms with van der Waals surface area (Å²) in [5.74, 6) is -0.787. The fraction of sp³-hybridized carbons (Fsp3) is 0.520. The van der Waals surface area contributed by atoms with Crippen LogP contribution in [0.25, 0.3) is 0 Å². The van der Waals surface area contributed by atoms with Gasteiger partial charge in [0.15, 0.2) is 0 Å². The third-order valence-electron chi connectivity index (χ3n) is 5.91. The van der Waals surface area contributed by atoms with Crippen molar-refractivity contribution in [3.63, 3.8) is 0 Å². The van der Waals surface area contributed by atoms with Crippen LogP contribution in [0.5, 0.6) is 0 Å². The highest BCUT2D eigenvalue weighted by Crippen LogP contribution is 2.59. The number of hydrogen-bond donors (Lipinski definition) is 0. The molecule has 0 amide bonds. The molecule has 0 heterocycles. The SMILES string of the molecule is C=CCc1cccc2c1CC(OC(=O)[C@H]1[C@@H](C=CC(=O)OC(C)(C)C)C1(C)C)C2. The number of benzene rings is 1. The summed E-state index contributed by atoms with van der Waals surface area (Å²) in [7, 11) is 0. The number of carbonyl (C=O) groups is 2. The molecular formula is C25H32O4. The van der Waals surface area contributed by atoms with Gasteiger partial charge in [-0.15, -0.1) is 6.58 Å². The Bertz CT molecular complexity index is 841. The van der Waals surface area contributed by atoms with E-state index in [1.807, 2.05) is 40.7 Å². The van der Waals surface area contributed by atoms with Crippen LogP contribution in [0, 0.1) is 17.3 Å². The normalized spacial score (nSPS) is 24.8. The number of allylic oxidation sites excluding steroid dienone is 2. The number of hydrogen-bond acceptors (Lipinski definition) is 4. The second-order valence-electron chi connectivity index (χ2n) is 9.73. The fourth-order valence-corrected chi connectivity index (χ4v) is 4.36. The van der Waals surface area contributed by atoms with E-state index >= 15 is 0 Å². The van der Waals surface area contributed by atoms with E-state index < -0.39 is 5.60 Å². The first-order valence-corrected chi connectivity index (χ1v) is 10.3. The highest BCUT2D eigenvalue weighted by molar-refractivity contribution is 5.83. The average molecular weight is 397 g/mol. The Balaban J connectivity index is 1.59. The molecule has 0 aromatic heterocycles. The van der Waals surface area contributed by atoms with Crippen molar-refractivity contribution in [2.24, 2.45) is 17.3 Å². The van der Waals surface area contributed by atoms with Crippen LogP contribution in [0.4, 0.5) is 0 Å². The molecule has 2 aliphatic carbocycles. The zero-order valence-corrected chi connectivity index (χ0v) is 18.2. The van der Waals surface area contributed by atoms with Gasteiger partial charge in [-0.25, -0.2) is 4.79 Å². The van der Waals surface area contributed by atoms with E-state index in [9.17, 15) is 9.59 Å². The van der Waals surface area contributed by atoms with Gasteiger partial charge in [-0.1, -0.05) is 44.2 Å². The van der Waals surface area contributed by atoms with Crippen LogP contribution in [0.2, 0.25) is 0 Å². The molecule has 4 nitrogen and oxygen atoms in total. The summed E-state index contributed by atoms with van der Waals surface area (Å²) in [6, 6.07) is 6.29. The molecule has 0 bridgehead atoms. The first-order valence-electron chi connectivity index (χ1n) is 10.3. The van der Waals surface area contributed by atoms with E-state index in [1.54, 1.807) is 6.08 Å². The van der Waals surface area contributed by atoms with Gasteiger partial charge in [0.2, 0.25) is 0 Å². The van der Waals surface area contributed by atoms with E-state index in [0.717, 1.165) is 19.3 Å². The number of rotatable bonds is 6. The van der Waals surface area contributed by atoms with Crippen molar-refractivity contribution in [3.8, 4) is 0 Å². The molecular weight excluding hydrogens is 364 g/mol. The molecule has 1 saturated carbocycles. The van der Waals surface area contributed by atoms with Gasteiger partial charge in [0.05, 0.1) is 5.92 Å². The molecule has 2 aliphatic rings. The summed E-state index contributed by atoms with van der Waals surface area (Å²) in [5.41, 5.74) is 3.08. The lowest BCUT2D eigenvalue weighted by molar-refractivity contribution is -0.151. The summed E-state index contributed by atoms with van der Waals surface area (Å²) in [5, 5.41) is 0. The van der Waals surface area contributed by atoms with Crippen LogP contribution in [0.3, 0.4) is 0 Å². The largest absolute Gasteiger partial charge is 0.461 e. The Morgan fingerprint density at radius 2 is 1.97 bits per heavy atom. The van der Waals surface area contributed by atoms with Crippen LogP contribution >= 0.6 is 0 Å². The fourth-order valence-electron chi connectivity index (χ4n) is 4.36. The number of fused-ring (bicyclic) bond motifs is 1.